The van der Waals surface area contributed by atoms with Crippen LogP contribution in [0, 0.1) is 0 Å². The predicted molar refractivity (Wildman–Crippen MR) is 87.0 cm³/mol. The summed E-state index contributed by atoms with van der Waals surface area (Å²) in [7, 11) is 0. The number of amides is 1. The fourth-order valence-corrected chi connectivity index (χ4v) is 3.69. The maximum Gasteiger partial charge on any atom is 0.243 e. The molecule has 4 nitrogen and oxygen atoms in total. The van der Waals surface area contributed by atoms with Crippen molar-refractivity contribution in [3.05, 3.63) is 23.2 Å². The van der Waals surface area contributed by atoms with E-state index in [1.807, 2.05) is 18.2 Å². The van der Waals surface area contributed by atoms with E-state index < -0.39 is 0 Å². The van der Waals surface area contributed by atoms with Gasteiger partial charge in [0.05, 0.1) is 35.4 Å². The second-order valence-electron chi connectivity index (χ2n) is 4.52. The highest BCUT2D eigenvalue weighted by Gasteiger charge is 2.28. The van der Waals surface area contributed by atoms with Gasteiger partial charge in [-0.2, -0.15) is 0 Å². The van der Waals surface area contributed by atoms with Crippen LogP contribution in [0.3, 0.4) is 0 Å². The van der Waals surface area contributed by atoms with Crippen LogP contribution in [-0.4, -0.2) is 42.3 Å². The Labute approximate surface area is 132 Å². The molecule has 0 aromatic heterocycles. The molecule has 0 N–H and O–H groups in total. The van der Waals surface area contributed by atoms with Gasteiger partial charge in [0.1, 0.15) is 4.32 Å². The zero-order valence-electron chi connectivity index (χ0n) is 10.7. The summed E-state index contributed by atoms with van der Waals surface area (Å²) in [6.07, 6.45) is 0. The molecule has 2 aliphatic heterocycles. The van der Waals surface area contributed by atoms with Crippen LogP contribution >= 0.6 is 35.6 Å². The summed E-state index contributed by atoms with van der Waals surface area (Å²) in [5.74, 6) is 0.414. The van der Waals surface area contributed by atoms with E-state index in [1.54, 1.807) is 4.90 Å². The van der Waals surface area contributed by atoms with Crippen LogP contribution in [-0.2, 0) is 9.53 Å². The quantitative estimate of drug-likeness (QED) is 0.779. The van der Waals surface area contributed by atoms with E-state index in [1.165, 1.54) is 11.8 Å². The number of hydrogen-bond acceptors (Lipinski definition) is 5. The Bertz CT molecular complexity index is 545. The largest absolute Gasteiger partial charge is 0.378 e. The molecule has 0 spiro atoms. The molecule has 106 valence electrons. The molecular weight excluding hydrogens is 316 g/mol. The van der Waals surface area contributed by atoms with E-state index in [4.69, 9.17) is 28.6 Å². The number of morpholine rings is 1. The Balaban J connectivity index is 1.87. The molecular formula is C13H13ClN2O2S2. The number of rotatable bonds is 2. The van der Waals surface area contributed by atoms with Crippen LogP contribution in [0.15, 0.2) is 18.2 Å². The number of hydrogen-bond donors (Lipinski definition) is 0. The number of halogens is 1. The van der Waals surface area contributed by atoms with Crippen LogP contribution in [0.4, 0.5) is 11.4 Å². The highest BCUT2D eigenvalue weighted by atomic mass is 35.5. The number of carbonyl (C=O) groups is 1. The fraction of sp³-hybridized carbons (Fsp3) is 0.385. The summed E-state index contributed by atoms with van der Waals surface area (Å²) in [6.45, 7) is 3.08. The van der Waals surface area contributed by atoms with Crippen molar-refractivity contribution in [2.24, 2.45) is 0 Å². The van der Waals surface area contributed by atoms with Gasteiger partial charge >= 0.3 is 0 Å². The zero-order chi connectivity index (χ0) is 14.1. The van der Waals surface area contributed by atoms with Crippen molar-refractivity contribution in [2.75, 3.05) is 41.9 Å². The van der Waals surface area contributed by atoms with E-state index >= 15 is 0 Å². The highest BCUT2D eigenvalue weighted by molar-refractivity contribution is 8.24. The van der Waals surface area contributed by atoms with E-state index in [-0.39, 0.29) is 5.91 Å². The van der Waals surface area contributed by atoms with Crippen molar-refractivity contribution >= 4 is 57.2 Å². The van der Waals surface area contributed by atoms with Crippen LogP contribution < -0.4 is 9.80 Å². The minimum Gasteiger partial charge on any atom is -0.378 e. The van der Waals surface area contributed by atoms with Gasteiger partial charge < -0.3 is 9.64 Å². The number of anilines is 2. The normalized spacial score (nSPS) is 19.9. The Morgan fingerprint density at radius 2 is 2.05 bits per heavy atom. The molecule has 2 heterocycles. The first-order chi connectivity index (χ1) is 9.66. The van der Waals surface area contributed by atoms with Crippen LogP contribution in [0.1, 0.15) is 0 Å². The first-order valence-corrected chi connectivity index (χ1v) is 8.06. The van der Waals surface area contributed by atoms with Gasteiger partial charge in [0, 0.05) is 13.1 Å². The smallest absolute Gasteiger partial charge is 0.243 e. The molecule has 1 amide bonds. The molecule has 0 atom stereocenters. The lowest BCUT2D eigenvalue weighted by Gasteiger charge is -2.30. The van der Waals surface area contributed by atoms with Crippen molar-refractivity contribution < 1.29 is 9.53 Å². The molecule has 3 rings (SSSR count). The van der Waals surface area contributed by atoms with Crippen LogP contribution in [0.25, 0.3) is 0 Å². The lowest BCUT2D eigenvalue weighted by molar-refractivity contribution is -0.115. The van der Waals surface area contributed by atoms with E-state index in [2.05, 4.69) is 4.90 Å². The molecule has 0 saturated carbocycles. The number of thioether (sulfide) groups is 1. The number of ether oxygens (including phenoxy) is 1. The summed E-state index contributed by atoms with van der Waals surface area (Å²) >= 11 is 12.9. The molecule has 1 aromatic rings. The Morgan fingerprint density at radius 3 is 2.65 bits per heavy atom. The number of thiocarbonyl (C=S) groups is 1. The van der Waals surface area contributed by atoms with E-state index in [0.29, 0.717) is 28.3 Å². The number of carbonyl (C=O) groups excluding carboxylic acids is 1. The van der Waals surface area contributed by atoms with Gasteiger partial charge in [0.2, 0.25) is 5.91 Å². The van der Waals surface area contributed by atoms with Crippen molar-refractivity contribution in [1.82, 2.24) is 0 Å². The summed E-state index contributed by atoms with van der Waals surface area (Å²) in [5, 5.41) is 0.636. The molecule has 0 bridgehead atoms. The number of nitrogens with zero attached hydrogens (tertiary/aromatic N) is 2. The molecule has 20 heavy (non-hydrogen) atoms. The minimum absolute atomic E-state index is 0.00943. The van der Waals surface area contributed by atoms with E-state index in [0.717, 1.165) is 24.5 Å². The maximum atomic E-state index is 11.8. The van der Waals surface area contributed by atoms with Crippen LogP contribution in [0.5, 0.6) is 0 Å². The maximum absolute atomic E-state index is 11.8. The van der Waals surface area contributed by atoms with Gasteiger partial charge in [-0.3, -0.25) is 9.69 Å². The van der Waals surface area contributed by atoms with Crippen molar-refractivity contribution in [2.45, 2.75) is 0 Å². The SMILES string of the molecule is O=C1CSC(=S)N1c1ccc(N2CCOCC2)c(Cl)c1. The van der Waals surface area contributed by atoms with Crippen molar-refractivity contribution in [1.29, 1.82) is 0 Å². The summed E-state index contributed by atoms with van der Waals surface area (Å²) in [6, 6.07) is 5.65. The van der Waals surface area contributed by atoms with Gasteiger partial charge in [-0.25, -0.2) is 0 Å². The lowest BCUT2D eigenvalue weighted by atomic mass is 10.2. The van der Waals surface area contributed by atoms with Gasteiger partial charge in [0.25, 0.3) is 0 Å². The Hall–Kier alpha value is -0.820. The van der Waals surface area contributed by atoms with Crippen LogP contribution in [0.2, 0.25) is 5.02 Å². The second kappa shape index (κ2) is 5.89. The Morgan fingerprint density at radius 1 is 1.30 bits per heavy atom. The summed E-state index contributed by atoms with van der Waals surface area (Å²) < 4.78 is 5.92. The van der Waals surface area contributed by atoms with Crippen molar-refractivity contribution in [3.8, 4) is 0 Å². The molecule has 2 aliphatic rings. The summed E-state index contributed by atoms with van der Waals surface area (Å²) in [4.78, 5) is 15.6. The third kappa shape index (κ3) is 2.65. The average molecular weight is 329 g/mol. The number of benzene rings is 1. The van der Waals surface area contributed by atoms with E-state index in [9.17, 15) is 4.79 Å². The van der Waals surface area contributed by atoms with Gasteiger partial charge in [-0.1, -0.05) is 35.6 Å². The lowest BCUT2D eigenvalue weighted by Crippen LogP contribution is -2.36. The van der Waals surface area contributed by atoms with Gasteiger partial charge in [-0.15, -0.1) is 0 Å². The van der Waals surface area contributed by atoms with Gasteiger partial charge in [-0.05, 0) is 18.2 Å². The first-order valence-electron chi connectivity index (χ1n) is 6.29. The standard InChI is InChI=1S/C13H13ClN2O2S2/c14-10-7-9(16-12(17)8-20-13(16)19)1-2-11(10)15-3-5-18-6-4-15/h1-2,7H,3-6,8H2. The molecule has 1 aromatic carbocycles. The van der Waals surface area contributed by atoms with Gasteiger partial charge in [0.15, 0.2) is 0 Å². The summed E-state index contributed by atoms with van der Waals surface area (Å²) in [5.41, 5.74) is 1.72. The first kappa shape index (κ1) is 14.1. The van der Waals surface area contributed by atoms with Crippen molar-refractivity contribution in [3.63, 3.8) is 0 Å². The molecule has 0 aliphatic carbocycles. The monoisotopic (exact) mass is 328 g/mol. The topological polar surface area (TPSA) is 32.8 Å². The molecule has 0 unspecified atom stereocenters. The second-order valence-corrected chi connectivity index (χ2v) is 6.54. The fourth-order valence-electron chi connectivity index (χ4n) is 2.30. The zero-order valence-corrected chi connectivity index (χ0v) is 13.1. The molecule has 0 radical (unpaired) electrons. The molecule has 2 saturated heterocycles. The average Bonchev–Trinajstić information content (AvgIpc) is 2.79. The molecule has 2 fully saturated rings. The Kier molecular flexibility index (Phi) is 4.16. The third-order valence-corrected chi connectivity index (χ3v) is 4.95. The third-order valence-electron chi connectivity index (χ3n) is 3.29. The molecule has 7 heteroatoms. The highest BCUT2D eigenvalue weighted by Crippen LogP contribution is 2.34. The predicted octanol–water partition coefficient (Wildman–Crippen LogP) is 2.54. The minimum atomic E-state index is 0.00943.